The Labute approximate surface area is 190 Å². The van der Waals surface area contributed by atoms with Gasteiger partial charge in [0.2, 0.25) is 0 Å². The molecule has 33 heavy (non-hydrogen) atoms. The molecule has 0 spiro atoms. The number of carbonyl (C=O) groups excluding carboxylic acids is 1. The van der Waals surface area contributed by atoms with E-state index in [4.69, 9.17) is 24.5 Å². The molecular formula is C22H24N6O5. The first-order valence-electron chi connectivity index (χ1n) is 10.6. The van der Waals surface area contributed by atoms with Crippen molar-refractivity contribution in [1.82, 2.24) is 19.5 Å². The SMILES string of the molecule is N#Cc1ccc(-n2cnc3cc(OCCOCCOC=O)c(NC4CCOCC4)nc32)nc1. The number of imidazole rings is 1. The third kappa shape index (κ3) is 5.74. The minimum atomic E-state index is 0.203. The Morgan fingerprint density at radius 3 is 2.82 bits per heavy atom. The number of ether oxygens (including phenoxy) is 4. The molecule has 11 heteroatoms. The van der Waals surface area contributed by atoms with Crippen molar-refractivity contribution in [3.05, 3.63) is 36.3 Å². The van der Waals surface area contributed by atoms with Crippen molar-refractivity contribution in [1.29, 1.82) is 5.26 Å². The van der Waals surface area contributed by atoms with Crippen molar-refractivity contribution >= 4 is 23.5 Å². The lowest BCUT2D eigenvalue weighted by molar-refractivity contribution is -0.130. The van der Waals surface area contributed by atoms with Gasteiger partial charge in [-0.15, -0.1) is 0 Å². The molecule has 3 aromatic rings. The van der Waals surface area contributed by atoms with E-state index in [1.807, 2.05) is 6.07 Å². The van der Waals surface area contributed by atoms with Crippen LogP contribution in [-0.2, 0) is 19.0 Å². The smallest absolute Gasteiger partial charge is 0.293 e. The van der Waals surface area contributed by atoms with Crippen molar-refractivity contribution in [2.75, 3.05) is 45.0 Å². The van der Waals surface area contributed by atoms with Crippen molar-refractivity contribution in [2.45, 2.75) is 18.9 Å². The summed E-state index contributed by atoms with van der Waals surface area (Å²) in [7, 11) is 0. The second kappa shape index (κ2) is 11.2. The number of anilines is 1. The summed E-state index contributed by atoms with van der Waals surface area (Å²) in [6.07, 6.45) is 4.90. The van der Waals surface area contributed by atoms with Crippen LogP contribution in [0.25, 0.3) is 17.0 Å². The van der Waals surface area contributed by atoms with Crippen LogP contribution in [0.2, 0.25) is 0 Å². The lowest BCUT2D eigenvalue weighted by atomic mass is 10.1. The van der Waals surface area contributed by atoms with E-state index in [9.17, 15) is 4.79 Å². The zero-order chi connectivity index (χ0) is 22.9. The van der Waals surface area contributed by atoms with Crippen LogP contribution < -0.4 is 10.1 Å². The number of carbonyl (C=O) groups is 1. The van der Waals surface area contributed by atoms with Crippen LogP contribution in [0.1, 0.15) is 18.4 Å². The molecule has 0 atom stereocenters. The highest BCUT2D eigenvalue weighted by atomic mass is 16.6. The Morgan fingerprint density at radius 2 is 2.06 bits per heavy atom. The maximum Gasteiger partial charge on any atom is 0.293 e. The molecular weight excluding hydrogens is 428 g/mol. The maximum atomic E-state index is 10.2. The molecule has 0 amide bonds. The van der Waals surface area contributed by atoms with Crippen molar-refractivity contribution in [3.8, 4) is 17.6 Å². The van der Waals surface area contributed by atoms with Gasteiger partial charge in [0, 0.05) is 31.5 Å². The van der Waals surface area contributed by atoms with E-state index < -0.39 is 0 Å². The third-order valence-corrected chi connectivity index (χ3v) is 5.07. The lowest BCUT2D eigenvalue weighted by Crippen LogP contribution is -2.28. The fourth-order valence-electron chi connectivity index (χ4n) is 3.40. The fourth-order valence-corrected chi connectivity index (χ4v) is 3.40. The molecule has 1 aliphatic heterocycles. The number of nitrogens with one attached hydrogen (secondary N) is 1. The number of pyridine rings is 2. The molecule has 172 valence electrons. The predicted octanol–water partition coefficient (Wildman–Crippen LogP) is 1.85. The molecule has 11 nitrogen and oxygen atoms in total. The van der Waals surface area contributed by atoms with Crippen molar-refractivity contribution < 1.29 is 23.7 Å². The van der Waals surface area contributed by atoms with Crippen molar-refractivity contribution in [3.63, 3.8) is 0 Å². The van der Waals surface area contributed by atoms with Gasteiger partial charge >= 0.3 is 0 Å². The van der Waals surface area contributed by atoms with Crippen LogP contribution in [0.5, 0.6) is 5.75 Å². The average molecular weight is 452 g/mol. The highest BCUT2D eigenvalue weighted by Gasteiger charge is 2.19. The number of rotatable bonds is 11. The van der Waals surface area contributed by atoms with Crippen LogP contribution in [0.3, 0.4) is 0 Å². The molecule has 0 saturated carbocycles. The summed E-state index contributed by atoms with van der Waals surface area (Å²) in [5, 5.41) is 12.5. The number of fused-ring (bicyclic) bond motifs is 1. The maximum absolute atomic E-state index is 10.2. The molecule has 4 rings (SSSR count). The van der Waals surface area contributed by atoms with Gasteiger partial charge in [-0.05, 0) is 25.0 Å². The number of hydrogen-bond donors (Lipinski definition) is 1. The standard InChI is InChI=1S/C22H24N6O5/c23-12-16-1-2-20(24-13-16)28-14-25-18-11-19(33-10-9-31-7-8-32-15-29)21(27-22(18)28)26-17-3-5-30-6-4-17/h1-2,11,13-15,17H,3-10H2,(H,26,27). The average Bonchev–Trinajstić information content (AvgIpc) is 3.27. The lowest BCUT2D eigenvalue weighted by Gasteiger charge is -2.24. The molecule has 0 unspecified atom stereocenters. The topological polar surface area (TPSA) is 133 Å². The van der Waals surface area contributed by atoms with E-state index in [0.717, 1.165) is 12.8 Å². The highest BCUT2D eigenvalue weighted by Crippen LogP contribution is 2.29. The molecule has 0 aliphatic carbocycles. The summed E-state index contributed by atoms with van der Waals surface area (Å²) in [6.45, 7) is 2.92. The molecule has 1 fully saturated rings. The Morgan fingerprint density at radius 1 is 1.21 bits per heavy atom. The van der Waals surface area contributed by atoms with E-state index >= 15 is 0 Å². The Balaban J connectivity index is 1.55. The van der Waals surface area contributed by atoms with Crippen LogP contribution in [0.4, 0.5) is 5.82 Å². The van der Waals surface area contributed by atoms with E-state index in [1.54, 1.807) is 23.0 Å². The monoisotopic (exact) mass is 452 g/mol. The minimum absolute atomic E-state index is 0.203. The molecule has 0 aromatic carbocycles. The second-order valence-corrected chi connectivity index (χ2v) is 7.27. The van der Waals surface area contributed by atoms with Gasteiger partial charge in [0.05, 0.1) is 18.8 Å². The molecule has 1 saturated heterocycles. The molecule has 1 aliphatic rings. The first-order valence-corrected chi connectivity index (χ1v) is 10.6. The largest absolute Gasteiger partial charge is 0.487 e. The first-order chi connectivity index (χ1) is 16.3. The summed E-state index contributed by atoms with van der Waals surface area (Å²) in [6, 6.07) is 7.57. The van der Waals surface area contributed by atoms with Gasteiger partial charge in [0.15, 0.2) is 17.2 Å². The molecule has 0 bridgehead atoms. The predicted molar refractivity (Wildman–Crippen MR) is 117 cm³/mol. The summed E-state index contributed by atoms with van der Waals surface area (Å²) >= 11 is 0. The highest BCUT2D eigenvalue weighted by molar-refractivity contribution is 5.78. The number of hydrogen-bond acceptors (Lipinski definition) is 10. The summed E-state index contributed by atoms with van der Waals surface area (Å²) in [5.74, 6) is 1.79. The zero-order valence-electron chi connectivity index (χ0n) is 18.0. The van der Waals surface area contributed by atoms with Gasteiger partial charge in [0.1, 0.15) is 36.9 Å². The number of nitriles is 1. The Kier molecular flexibility index (Phi) is 7.63. The minimum Gasteiger partial charge on any atom is -0.487 e. The zero-order valence-corrected chi connectivity index (χ0v) is 18.0. The number of aromatic nitrogens is 4. The normalized spacial score (nSPS) is 14.0. The van der Waals surface area contributed by atoms with Gasteiger partial charge in [-0.3, -0.25) is 9.36 Å². The van der Waals surface area contributed by atoms with E-state index in [-0.39, 0.29) is 12.6 Å². The summed E-state index contributed by atoms with van der Waals surface area (Å²) < 4.78 is 23.2. The second-order valence-electron chi connectivity index (χ2n) is 7.27. The Bertz CT molecular complexity index is 1100. The van der Waals surface area contributed by atoms with Crippen LogP contribution >= 0.6 is 0 Å². The van der Waals surface area contributed by atoms with Gasteiger partial charge in [-0.25, -0.2) is 15.0 Å². The molecule has 4 heterocycles. The van der Waals surface area contributed by atoms with Gasteiger partial charge in [-0.2, -0.15) is 5.26 Å². The van der Waals surface area contributed by atoms with E-state index in [1.165, 1.54) is 6.20 Å². The van der Waals surface area contributed by atoms with Gasteiger partial charge < -0.3 is 24.3 Å². The summed E-state index contributed by atoms with van der Waals surface area (Å²) in [5.41, 5.74) is 1.75. The quantitative estimate of drug-likeness (QED) is 0.339. The Hall–Kier alpha value is -3.75. The first kappa shape index (κ1) is 22.4. The van der Waals surface area contributed by atoms with E-state index in [0.29, 0.717) is 73.6 Å². The number of nitrogens with zero attached hydrogens (tertiary/aromatic N) is 5. The third-order valence-electron chi connectivity index (χ3n) is 5.07. The van der Waals surface area contributed by atoms with Crippen LogP contribution in [0, 0.1) is 11.3 Å². The van der Waals surface area contributed by atoms with Gasteiger partial charge in [0.25, 0.3) is 6.47 Å². The molecule has 3 aromatic heterocycles. The molecule has 1 N–H and O–H groups in total. The molecule has 0 radical (unpaired) electrons. The van der Waals surface area contributed by atoms with Crippen LogP contribution in [0.15, 0.2) is 30.7 Å². The summed E-state index contributed by atoms with van der Waals surface area (Å²) in [4.78, 5) is 23.8. The van der Waals surface area contributed by atoms with Gasteiger partial charge in [-0.1, -0.05) is 0 Å². The fraction of sp³-hybridized carbons (Fsp3) is 0.409. The van der Waals surface area contributed by atoms with E-state index in [2.05, 4.69) is 26.1 Å². The van der Waals surface area contributed by atoms with Crippen LogP contribution in [-0.4, -0.2) is 71.7 Å². The van der Waals surface area contributed by atoms with Crippen molar-refractivity contribution in [2.24, 2.45) is 0 Å².